The molecule has 1 aromatic rings. The number of hydrogen-bond donors (Lipinski definition) is 0. The average molecular weight is 152 g/mol. The second-order valence-corrected chi connectivity index (χ2v) is 2.47. The molecule has 0 saturated carbocycles. The van der Waals surface area contributed by atoms with Crippen LogP contribution in [0.5, 0.6) is 0 Å². The molecule has 4 nitrogen and oxygen atoms in total. The van der Waals surface area contributed by atoms with E-state index in [9.17, 15) is 0 Å². The standard InChI is InChI=1S/C7H12N4/c1-2-3-4-5-7-6-8-10-11-9-7/h6H,2-5H2,1H3. The summed E-state index contributed by atoms with van der Waals surface area (Å²) in [7, 11) is 0. The van der Waals surface area contributed by atoms with E-state index in [-0.39, 0.29) is 0 Å². The summed E-state index contributed by atoms with van der Waals surface area (Å²) in [6.45, 7) is 2.18. The fourth-order valence-electron chi connectivity index (χ4n) is 0.889. The zero-order valence-electron chi connectivity index (χ0n) is 6.69. The Hall–Kier alpha value is -1.06. The first-order valence-corrected chi connectivity index (χ1v) is 3.93. The van der Waals surface area contributed by atoms with Gasteiger partial charge in [-0.3, -0.25) is 0 Å². The maximum absolute atomic E-state index is 3.83. The minimum Gasteiger partial charge on any atom is -0.135 e. The van der Waals surface area contributed by atoms with Gasteiger partial charge in [-0.05, 0) is 23.3 Å². The van der Waals surface area contributed by atoms with Gasteiger partial charge in [-0.15, -0.1) is 10.2 Å². The van der Waals surface area contributed by atoms with Crippen LogP contribution in [0.15, 0.2) is 6.20 Å². The van der Waals surface area contributed by atoms with Crippen molar-refractivity contribution in [3.8, 4) is 0 Å². The molecule has 0 amide bonds. The fourth-order valence-corrected chi connectivity index (χ4v) is 0.889. The van der Waals surface area contributed by atoms with Crippen LogP contribution in [0.1, 0.15) is 31.9 Å². The van der Waals surface area contributed by atoms with Gasteiger partial charge in [-0.2, -0.15) is 0 Å². The summed E-state index contributed by atoms with van der Waals surface area (Å²) in [4.78, 5) is 0. The van der Waals surface area contributed by atoms with Crippen molar-refractivity contribution in [2.45, 2.75) is 32.6 Å². The molecule has 0 aliphatic heterocycles. The highest BCUT2D eigenvalue weighted by atomic mass is 15.4. The molecule has 1 aromatic heterocycles. The van der Waals surface area contributed by atoms with Crippen molar-refractivity contribution in [1.82, 2.24) is 20.6 Å². The van der Waals surface area contributed by atoms with Gasteiger partial charge >= 0.3 is 0 Å². The Bertz CT molecular complexity index is 187. The third-order valence-corrected chi connectivity index (χ3v) is 1.51. The Morgan fingerprint density at radius 3 is 2.82 bits per heavy atom. The molecule has 1 rings (SSSR count). The second-order valence-electron chi connectivity index (χ2n) is 2.47. The predicted molar refractivity (Wildman–Crippen MR) is 40.9 cm³/mol. The van der Waals surface area contributed by atoms with Gasteiger partial charge in [0.15, 0.2) is 0 Å². The van der Waals surface area contributed by atoms with Crippen molar-refractivity contribution in [2.24, 2.45) is 0 Å². The molecule has 60 valence electrons. The maximum atomic E-state index is 3.83. The first-order valence-electron chi connectivity index (χ1n) is 3.93. The van der Waals surface area contributed by atoms with Crippen LogP contribution in [-0.4, -0.2) is 20.6 Å². The van der Waals surface area contributed by atoms with Gasteiger partial charge in [0.25, 0.3) is 0 Å². The van der Waals surface area contributed by atoms with Gasteiger partial charge in [0.1, 0.15) is 0 Å². The number of nitrogens with zero attached hydrogens (tertiary/aromatic N) is 4. The van der Waals surface area contributed by atoms with Crippen LogP contribution in [0.2, 0.25) is 0 Å². The Balaban J connectivity index is 2.28. The lowest BCUT2D eigenvalue weighted by molar-refractivity contribution is 0.665. The molecule has 1 heterocycles. The average Bonchev–Trinajstić information content (AvgIpc) is 2.07. The zero-order valence-corrected chi connectivity index (χ0v) is 6.69. The summed E-state index contributed by atoms with van der Waals surface area (Å²) in [5, 5.41) is 14.3. The minimum absolute atomic E-state index is 0.938. The summed E-state index contributed by atoms with van der Waals surface area (Å²) >= 11 is 0. The van der Waals surface area contributed by atoms with Crippen molar-refractivity contribution < 1.29 is 0 Å². The van der Waals surface area contributed by atoms with Crippen LogP contribution < -0.4 is 0 Å². The Morgan fingerprint density at radius 2 is 2.18 bits per heavy atom. The topological polar surface area (TPSA) is 51.6 Å². The second kappa shape index (κ2) is 4.71. The smallest absolute Gasteiger partial charge is 0.0851 e. The summed E-state index contributed by atoms with van der Waals surface area (Å²) < 4.78 is 0. The number of aryl methyl sites for hydroxylation is 1. The lowest BCUT2D eigenvalue weighted by Crippen LogP contribution is -1.96. The predicted octanol–water partition coefficient (Wildman–Crippen LogP) is 0.999. The highest BCUT2D eigenvalue weighted by Crippen LogP contribution is 2.00. The number of aromatic nitrogens is 4. The summed E-state index contributed by atoms with van der Waals surface area (Å²) in [5.41, 5.74) is 0.938. The van der Waals surface area contributed by atoms with Crippen LogP contribution in [0.4, 0.5) is 0 Å². The molecule has 0 atom stereocenters. The van der Waals surface area contributed by atoms with Crippen molar-refractivity contribution in [2.75, 3.05) is 0 Å². The first kappa shape index (κ1) is 8.04. The SMILES string of the molecule is CCCCCc1cnnnn1. The molecule has 0 aliphatic carbocycles. The van der Waals surface area contributed by atoms with E-state index in [1.54, 1.807) is 6.20 Å². The lowest BCUT2D eigenvalue weighted by Gasteiger charge is -1.94. The van der Waals surface area contributed by atoms with E-state index in [4.69, 9.17) is 0 Å². The maximum Gasteiger partial charge on any atom is 0.0851 e. The first-order chi connectivity index (χ1) is 5.43. The molecule has 0 bridgehead atoms. The van der Waals surface area contributed by atoms with Gasteiger partial charge in [-0.1, -0.05) is 19.8 Å². The number of rotatable bonds is 4. The lowest BCUT2D eigenvalue weighted by atomic mass is 10.2. The van der Waals surface area contributed by atoms with Crippen LogP contribution in [0.3, 0.4) is 0 Å². The van der Waals surface area contributed by atoms with Crippen LogP contribution in [0, 0.1) is 0 Å². The normalized spacial score (nSPS) is 9.91. The van der Waals surface area contributed by atoms with E-state index in [0.29, 0.717) is 0 Å². The molecule has 0 radical (unpaired) electrons. The van der Waals surface area contributed by atoms with E-state index in [1.165, 1.54) is 12.8 Å². The highest BCUT2D eigenvalue weighted by molar-refractivity contribution is 4.88. The number of hydrogen-bond acceptors (Lipinski definition) is 4. The van der Waals surface area contributed by atoms with Crippen molar-refractivity contribution in [3.05, 3.63) is 11.9 Å². The van der Waals surface area contributed by atoms with E-state index >= 15 is 0 Å². The minimum atomic E-state index is 0.938. The molecule has 11 heavy (non-hydrogen) atoms. The largest absolute Gasteiger partial charge is 0.135 e. The highest BCUT2D eigenvalue weighted by Gasteiger charge is 1.93. The molecule has 0 spiro atoms. The number of unbranched alkanes of at least 4 members (excludes halogenated alkanes) is 2. The van der Waals surface area contributed by atoms with Gasteiger partial charge < -0.3 is 0 Å². The van der Waals surface area contributed by atoms with E-state index in [2.05, 4.69) is 27.5 Å². The van der Waals surface area contributed by atoms with Gasteiger partial charge in [0.2, 0.25) is 0 Å². The van der Waals surface area contributed by atoms with Gasteiger partial charge in [0, 0.05) is 0 Å². The van der Waals surface area contributed by atoms with Crippen LogP contribution in [-0.2, 0) is 6.42 Å². The molecule has 0 fully saturated rings. The third-order valence-electron chi connectivity index (χ3n) is 1.51. The van der Waals surface area contributed by atoms with Crippen molar-refractivity contribution >= 4 is 0 Å². The summed E-state index contributed by atoms with van der Waals surface area (Å²) in [5.74, 6) is 0. The van der Waals surface area contributed by atoms with Gasteiger partial charge in [0.05, 0.1) is 11.9 Å². The van der Waals surface area contributed by atoms with E-state index in [1.807, 2.05) is 0 Å². The van der Waals surface area contributed by atoms with Crippen molar-refractivity contribution in [1.29, 1.82) is 0 Å². The fraction of sp³-hybridized carbons (Fsp3) is 0.714. The van der Waals surface area contributed by atoms with Crippen molar-refractivity contribution in [3.63, 3.8) is 0 Å². The Labute approximate surface area is 66.0 Å². The quantitative estimate of drug-likeness (QED) is 0.604. The van der Waals surface area contributed by atoms with E-state index in [0.717, 1.165) is 18.5 Å². The Morgan fingerprint density at radius 1 is 1.27 bits per heavy atom. The van der Waals surface area contributed by atoms with Gasteiger partial charge in [-0.25, -0.2) is 0 Å². The summed E-state index contributed by atoms with van der Waals surface area (Å²) in [6.07, 6.45) is 6.27. The molecule has 0 N–H and O–H groups in total. The zero-order chi connectivity index (χ0) is 7.94. The van der Waals surface area contributed by atoms with E-state index < -0.39 is 0 Å². The van der Waals surface area contributed by atoms with Crippen LogP contribution in [0.25, 0.3) is 0 Å². The van der Waals surface area contributed by atoms with Crippen LogP contribution >= 0.6 is 0 Å². The molecule has 0 unspecified atom stereocenters. The molecule has 0 saturated heterocycles. The monoisotopic (exact) mass is 152 g/mol. The molecular formula is C7H12N4. The molecular weight excluding hydrogens is 140 g/mol. The molecule has 0 aromatic carbocycles. The molecule has 0 aliphatic rings. The summed E-state index contributed by atoms with van der Waals surface area (Å²) in [6, 6.07) is 0. The Kier molecular flexibility index (Phi) is 3.44. The molecule has 4 heteroatoms. The third kappa shape index (κ3) is 3.02.